The molecule has 71 heavy (non-hydrogen) atoms. The zero-order valence-corrected chi connectivity index (χ0v) is 47.2. The molecule has 0 saturated carbocycles. The number of nitrogens with zero attached hydrogens (tertiary/aromatic N) is 2. The highest BCUT2D eigenvalue weighted by atomic mass is 15.2. The van der Waals surface area contributed by atoms with Gasteiger partial charge < -0.3 is 9.80 Å². The van der Waals surface area contributed by atoms with Gasteiger partial charge in [-0.25, -0.2) is 0 Å². The minimum absolute atomic E-state index is 0.0210. The molecule has 0 radical (unpaired) electrons. The summed E-state index contributed by atoms with van der Waals surface area (Å²) in [7, 11) is 0. The van der Waals surface area contributed by atoms with Gasteiger partial charge in [0.25, 0.3) is 0 Å². The van der Waals surface area contributed by atoms with E-state index in [1.807, 2.05) is 0 Å². The molecule has 6 aromatic carbocycles. The third-order valence-corrected chi connectivity index (χ3v) is 18.9. The van der Waals surface area contributed by atoms with Crippen LogP contribution < -0.4 is 9.80 Å². The van der Waals surface area contributed by atoms with E-state index in [0.29, 0.717) is 0 Å². The van der Waals surface area contributed by atoms with Gasteiger partial charge >= 0.3 is 0 Å². The molecule has 0 amide bonds. The Kier molecular flexibility index (Phi) is 10.2. The Hall–Kier alpha value is -5.08. The van der Waals surface area contributed by atoms with E-state index in [-0.39, 0.29) is 49.2 Å². The summed E-state index contributed by atoms with van der Waals surface area (Å²) in [5.74, 6) is 0.0467. The predicted molar refractivity (Wildman–Crippen MR) is 306 cm³/mol. The normalized spacial score (nSPS) is 21.4. The molecular formula is C69H84N2. The minimum atomic E-state index is -0.0210. The van der Waals surface area contributed by atoms with Gasteiger partial charge in [-0.1, -0.05) is 173 Å². The summed E-state index contributed by atoms with van der Waals surface area (Å²) in [6.07, 6.45) is 5.88. The summed E-state index contributed by atoms with van der Waals surface area (Å²) in [6, 6.07) is 40.4. The van der Waals surface area contributed by atoms with Crippen molar-refractivity contribution >= 4 is 34.1 Å². The van der Waals surface area contributed by atoms with Crippen LogP contribution in [0, 0.1) is 6.92 Å². The molecule has 0 N–H and O–H groups in total. The molecule has 11 rings (SSSR count). The summed E-state index contributed by atoms with van der Waals surface area (Å²) in [4.78, 5) is 5.46. The third-order valence-electron chi connectivity index (χ3n) is 18.9. The van der Waals surface area contributed by atoms with Gasteiger partial charge in [-0.15, -0.1) is 0 Å². The van der Waals surface area contributed by atoms with Gasteiger partial charge in [0.1, 0.15) is 0 Å². The van der Waals surface area contributed by atoms with E-state index >= 15 is 0 Å². The fourth-order valence-electron chi connectivity index (χ4n) is 14.5. The van der Waals surface area contributed by atoms with Gasteiger partial charge in [0.15, 0.2) is 0 Å². The van der Waals surface area contributed by atoms with Gasteiger partial charge in [0, 0.05) is 22.7 Å². The molecule has 1 unspecified atom stereocenters. The zero-order chi connectivity index (χ0) is 51.1. The maximum absolute atomic E-state index is 2.73. The quantitative estimate of drug-likeness (QED) is 0.174. The molecule has 0 saturated heterocycles. The first kappa shape index (κ1) is 48.2. The average Bonchev–Trinajstić information content (AvgIpc) is 3.46. The van der Waals surface area contributed by atoms with E-state index in [2.05, 4.69) is 238 Å². The van der Waals surface area contributed by atoms with Crippen molar-refractivity contribution in [1.82, 2.24) is 0 Å². The van der Waals surface area contributed by atoms with Crippen molar-refractivity contribution in [2.24, 2.45) is 0 Å². The van der Waals surface area contributed by atoms with Crippen LogP contribution in [0.1, 0.15) is 229 Å². The SMILES string of the molecule is Cc1cc2c3c(c1)N(c1ccc(C(C)(C)C)cc1-c1ccc(C(C)(C)C)cc1)c1cc4c(cc1C3c1cc3c(cc1N2c1ccc2c(c1)C(C)(C)CCC2(C)C)C(C)(C)CCC3(C)C)C(C)(C)CC4(C)C. The standard InChI is InChI=1S/C69H84N2/c1-41-32-58-61-59(33-41)71(55-27-24-44(63(5,6)7)34-46(55)42-20-22-43(23-21-42)62(2,3)4)57-39-54-52(68(16,17)40-69(54,18)19)37-48(57)60(61)47-36-51-53(67(14,15)31-30-66(51,12)13)38-56(47)70(58)45-25-26-49-50(35-45)65(10,11)29-28-64(49,8)9/h20-27,32-39,60H,28-31,40H2,1-19H3. The number of rotatable bonds is 3. The number of hydrogen-bond donors (Lipinski definition) is 0. The van der Waals surface area contributed by atoms with Gasteiger partial charge in [-0.05, 0) is 198 Å². The Bertz CT molecular complexity index is 3200. The highest BCUT2D eigenvalue weighted by Crippen LogP contribution is 2.65. The Morgan fingerprint density at radius 1 is 0.394 bits per heavy atom. The fourth-order valence-corrected chi connectivity index (χ4v) is 14.5. The highest BCUT2D eigenvalue weighted by Gasteiger charge is 2.49. The zero-order valence-electron chi connectivity index (χ0n) is 47.2. The summed E-state index contributed by atoms with van der Waals surface area (Å²) in [5, 5.41) is 0. The molecule has 2 nitrogen and oxygen atoms in total. The number of aryl methyl sites for hydroxylation is 1. The van der Waals surface area contributed by atoms with Gasteiger partial charge in [-0.3, -0.25) is 0 Å². The largest absolute Gasteiger partial charge is 0.310 e. The van der Waals surface area contributed by atoms with Crippen LogP contribution in [0.25, 0.3) is 11.1 Å². The molecular weight excluding hydrogens is 857 g/mol. The van der Waals surface area contributed by atoms with Crippen LogP contribution in [-0.2, 0) is 43.3 Å². The van der Waals surface area contributed by atoms with Crippen molar-refractivity contribution in [3.63, 3.8) is 0 Å². The van der Waals surface area contributed by atoms with Crippen molar-refractivity contribution < 1.29 is 0 Å². The lowest BCUT2D eigenvalue weighted by Crippen LogP contribution is -2.36. The van der Waals surface area contributed by atoms with Gasteiger partial charge in [0.05, 0.1) is 28.4 Å². The van der Waals surface area contributed by atoms with Crippen LogP contribution >= 0.6 is 0 Å². The summed E-state index contributed by atoms with van der Waals surface area (Å²) >= 11 is 0. The molecule has 1 atom stereocenters. The van der Waals surface area contributed by atoms with E-state index < -0.39 is 0 Å². The fraction of sp³-hybridized carbons (Fsp3) is 0.478. The number of benzene rings is 6. The van der Waals surface area contributed by atoms with Crippen LogP contribution in [0.15, 0.2) is 97.1 Å². The van der Waals surface area contributed by atoms with Crippen LogP contribution in [0.4, 0.5) is 34.1 Å². The van der Waals surface area contributed by atoms with Crippen LogP contribution in [0.3, 0.4) is 0 Å². The van der Waals surface area contributed by atoms with E-state index in [9.17, 15) is 0 Å². The summed E-state index contributed by atoms with van der Waals surface area (Å²) in [5.41, 5.74) is 28.2. The maximum atomic E-state index is 2.73. The lowest BCUT2D eigenvalue weighted by molar-refractivity contribution is 0.331. The molecule has 0 aromatic heterocycles. The Labute approximate surface area is 429 Å². The molecule has 0 spiro atoms. The number of hydrogen-bond acceptors (Lipinski definition) is 2. The van der Waals surface area contributed by atoms with Crippen molar-refractivity contribution in [1.29, 1.82) is 0 Å². The van der Waals surface area contributed by atoms with E-state index in [0.717, 1.165) is 6.42 Å². The maximum Gasteiger partial charge on any atom is 0.0540 e. The van der Waals surface area contributed by atoms with Crippen LogP contribution in [-0.4, -0.2) is 0 Å². The van der Waals surface area contributed by atoms with Crippen molar-refractivity contribution in [3.05, 3.63) is 164 Å². The summed E-state index contributed by atoms with van der Waals surface area (Å²) in [6.45, 7) is 46.2. The first-order valence-electron chi connectivity index (χ1n) is 27.3. The average molecular weight is 941 g/mol. The lowest BCUT2D eigenvalue weighted by atomic mass is 9.61. The number of fused-ring (bicyclic) bond motifs is 7. The molecule has 0 bridgehead atoms. The molecule has 5 aliphatic rings. The molecule has 2 heterocycles. The molecule has 6 aromatic rings. The van der Waals surface area contributed by atoms with Crippen LogP contribution in [0.5, 0.6) is 0 Å². The molecule has 370 valence electrons. The van der Waals surface area contributed by atoms with Crippen LogP contribution in [0.2, 0.25) is 0 Å². The Morgan fingerprint density at radius 2 is 0.831 bits per heavy atom. The van der Waals surface area contributed by atoms with E-state index in [1.54, 1.807) is 0 Å². The minimum Gasteiger partial charge on any atom is -0.310 e. The Balaban J connectivity index is 1.27. The summed E-state index contributed by atoms with van der Waals surface area (Å²) < 4.78 is 0. The third kappa shape index (κ3) is 7.36. The second-order valence-electron chi connectivity index (χ2n) is 29.3. The monoisotopic (exact) mass is 941 g/mol. The second-order valence-corrected chi connectivity index (χ2v) is 29.3. The molecule has 2 heteroatoms. The Morgan fingerprint density at radius 3 is 1.37 bits per heavy atom. The number of anilines is 6. The molecule has 0 fully saturated rings. The van der Waals surface area contributed by atoms with Crippen molar-refractivity contribution in [3.8, 4) is 11.1 Å². The van der Waals surface area contributed by atoms with E-state index in [4.69, 9.17) is 0 Å². The molecule has 3 aliphatic carbocycles. The highest BCUT2D eigenvalue weighted by molar-refractivity contribution is 6.00. The predicted octanol–water partition coefficient (Wildman–Crippen LogP) is 19.7. The first-order chi connectivity index (χ1) is 32.8. The van der Waals surface area contributed by atoms with Gasteiger partial charge in [0.2, 0.25) is 0 Å². The smallest absolute Gasteiger partial charge is 0.0540 e. The van der Waals surface area contributed by atoms with E-state index in [1.165, 1.54) is 138 Å². The van der Waals surface area contributed by atoms with Crippen molar-refractivity contribution in [2.75, 3.05) is 9.80 Å². The van der Waals surface area contributed by atoms with Gasteiger partial charge in [-0.2, -0.15) is 0 Å². The second kappa shape index (κ2) is 15.0. The first-order valence-corrected chi connectivity index (χ1v) is 27.3. The lowest BCUT2D eigenvalue weighted by Gasteiger charge is -2.49. The van der Waals surface area contributed by atoms with Crippen molar-refractivity contribution in [2.45, 2.75) is 213 Å². The molecule has 2 aliphatic heterocycles. The topological polar surface area (TPSA) is 6.48 Å².